The predicted octanol–water partition coefficient (Wildman–Crippen LogP) is 0.962. The Kier molecular flexibility index (Phi) is 2.68. The molecule has 0 aliphatic heterocycles. The summed E-state index contributed by atoms with van der Waals surface area (Å²) >= 11 is 0. The smallest absolute Gasteiger partial charge is 0.255 e. The number of anilines is 1. The van der Waals surface area contributed by atoms with Gasteiger partial charge in [-0.3, -0.25) is 9.78 Å². The van der Waals surface area contributed by atoms with Crippen molar-refractivity contribution in [3.63, 3.8) is 0 Å². The first-order valence-electron chi connectivity index (χ1n) is 5.01. The number of nitrogen functional groups attached to an aromatic ring is 1. The van der Waals surface area contributed by atoms with Crippen LogP contribution in [0.4, 0.5) is 5.82 Å². The monoisotopic (exact) mass is 216 g/mol. The average Bonchev–Trinajstić information content (AvgIpc) is 2.28. The Hall–Kier alpha value is -2.17. The van der Waals surface area contributed by atoms with E-state index in [1.165, 1.54) is 0 Å². The van der Waals surface area contributed by atoms with Crippen LogP contribution in [0.25, 0.3) is 10.9 Å². The fourth-order valence-corrected chi connectivity index (χ4v) is 1.47. The first-order chi connectivity index (χ1) is 7.72. The zero-order chi connectivity index (χ0) is 11.5. The number of aromatic nitrogens is 2. The van der Waals surface area contributed by atoms with Crippen LogP contribution in [0.3, 0.4) is 0 Å². The van der Waals surface area contributed by atoms with Gasteiger partial charge in [-0.2, -0.15) is 0 Å². The quantitative estimate of drug-likeness (QED) is 0.783. The number of nitrogens with two attached hydrogens (primary N) is 1. The molecule has 16 heavy (non-hydrogen) atoms. The van der Waals surface area contributed by atoms with Crippen molar-refractivity contribution in [2.45, 2.75) is 6.92 Å². The number of carbonyl (C=O) groups is 1. The summed E-state index contributed by atoms with van der Waals surface area (Å²) in [5, 5.41) is 3.49. The lowest BCUT2D eigenvalue weighted by atomic mass is 10.1. The molecule has 0 bridgehead atoms. The van der Waals surface area contributed by atoms with Gasteiger partial charge in [0.05, 0.1) is 11.1 Å². The molecule has 2 aromatic rings. The fourth-order valence-electron chi connectivity index (χ4n) is 1.47. The van der Waals surface area contributed by atoms with E-state index in [4.69, 9.17) is 5.73 Å². The summed E-state index contributed by atoms with van der Waals surface area (Å²) in [6, 6.07) is 3.46. The van der Waals surface area contributed by atoms with Gasteiger partial charge >= 0.3 is 0 Å². The maximum Gasteiger partial charge on any atom is 0.255 e. The second-order valence-corrected chi connectivity index (χ2v) is 3.35. The van der Waals surface area contributed by atoms with Gasteiger partial charge in [0.25, 0.3) is 5.91 Å². The number of nitrogens with zero attached hydrogens (tertiary/aromatic N) is 2. The molecule has 0 saturated heterocycles. The molecule has 0 aliphatic carbocycles. The summed E-state index contributed by atoms with van der Waals surface area (Å²) < 4.78 is 0. The van der Waals surface area contributed by atoms with Crippen LogP contribution in [-0.2, 0) is 0 Å². The lowest BCUT2D eigenvalue weighted by molar-refractivity contribution is 0.0956. The van der Waals surface area contributed by atoms with E-state index in [0.29, 0.717) is 12.1 Å². The Morgan fingerprint density at radius 3 is 3.12 bits per heavy atom. The first-order valence-corrected chi connectivity index (χ1v) is 5.01. The molecule has 0 radical (unpaired) electrons. The summed E-state index contributed by atoms with van der Waals surface area (Å²) in [7, 11) is 0. The highest BCUT2D eigenvalue weighted by Crippen LogP contribution is 2.17. The minimum atomic E-state index is -0.210. The summed E-state index contributed by atoms with van der Waals surface area (Å²) in [6.07, 6.45) is 3.30. The zero-order valence-electron chi connectivity index (χ0n) is 8.90. The van der Waals surface area contributed by atoms with E-state index in [1.54, 1.807) is 24.5 Å². The molecule has 5 heteroatoms. The highest BCUT2D eigenvalue weighted by molar-refractivity contribution is 6.01. The van der Waals surface area contributed by atoms with Crippen LogP contribution in [0.1, 0.15) is 17.3 Å². The first kappa shape index (κ1) is 10.4. The number of fused-ring (bicyclic) bond motifs is 1. The topological polar surface area (TPSA) is 80.9 Å². The molecule has 0 saturated carbocycles. The summed E-state index contributed by atoms with van der Waals surface area (Å²) in [6.45, 7) is 2.41. The Balaban J connectivity index is 2.54. The van der Waals surface area contributed by atoms with Crippen molar-refractivity contribution in [3.8, 4) is 0 Å². The minimum Gasteiger partial charge on any atom is -0.383 e. The van der Waals surface area contributed by atoms with Crippen molar-refractivity contribution >= 4 is 22.6 Å². The number of hydrogen-bond donors (Lipinski definition) is 2. The molecule has 0 atom stereocenters. The summed E-state index contributed by atoms with van der Waals surface area (Å²) in [5.41, 5.74) is 6.85. The van der Waals surface area contributed by atoms with Crippen LogP contribution < -0.4 is 11.1 Å². The van der Waals surface area contributed by atoms with Crippen molar-refractivity contribution in [1.29, 1.82) is 0 Å². The molecular weight excluding hydrogens is 204 g/mol. The Bertz CT molecular complexity index is 538. The number of nitrogens with one attached hydrogen (secondary N) is 1. The van der Waals surface area contributed by atoms with Crippen molar-refractivity contribution in [1.82, 2.24) is 15.3 Å². The number of rotatable bonds is 2. The maximum absolute atomic E-state index is 11.7. The lowest BCUT2D eigenvalue weighted by Gasteiger charge is -2.06. The van der Waals surface area contributed by atoms with E-state index in [9.17, 15) is 4.79 Å². The molecule has 5 nitrogen and oxygen atoms in total. The van der Waals surface area contributed by atoms with Crippen LogP contribution in [0, 0.1) is 0 Å². The highest BCUT2D eigenvalue weighted by Gasteiger charge is 2.11. The van der Waals surface area contributed by atoms with Gasteiger partial charge in [0.15, 0.2) is 0 Å². The van der Waals surface area contributed by atoms with Crippen LogP contribution in [0.2, 0.25) is 0 Å². The van der Waals surface area contributed by atoms with Gasteiger partial charge in [-0.05, 0) is 19.1 Å². The molecule has 0 spiro atoms. The van der Waals surface area contributed by atoms with Gasteiger partial charge < -0.3 is 11.1 Å². The highest BCUT2D eigenvalue weighted by atomic mass is 16.1. The number of amides is 1. The van der Waals surface area contributed by atoms with Gasteiger partial charge in [0, 0.05) is 24.3 Å². The molecule has 3 N–H and O–H groups in total. The minimum absolute atomic E-state index is 0.210. The SMILES string of the molecule is CCNC(=O)c1cc2cnccc2nc1N. The van der Waals surface area contributed by atoms with E-state index >= 15 is 0 Å². The third-order valence-corrected chi connectivity index (χ3v) is 2.23. The Morgan fingerprint density at radius 2 is 2.38 bits per heavy atom. The average molecular weight is 216 g/mol. The number of pyridine rings is 2. The van der Waals surface area contributed by atoms with Gasteiger partial charge in [-0.15, -0.1) is 0 Å². The molecule has 0 aromatic carbocycles. The molecule has 0 fully saturated rings. The van der Waals surface area contributed by atoms with Gasteiger partial charge in [-0.25, -0.2) is 4.98 Å². The molecule has 2 heterocycles. The predicted molar refractivity (Wildman–Crippen MR) is 62.0 cm³/mol. The maximum atomic E-state index is 11.7. The zero-order valence-corrected chi connectivity index (χ0v) is 8.90. The van der Waals surface area contributed by atoms with E-state index in [-0.39, 0.29) is 11.7 Å². The van der Waals surface area contributed by atoms with E-state index in [0.717, 1.165) is 10.9 Å². The largest absolute Gasteiger partial charge is 0.383 e. The fraction of sp³-hybridized carbons (Fsp3) is 0.182. The summed E-state index contributed by atoms with van der Waals surface area (Å²) in [5.74, 6) is 0.0305. The van der Waals surface area contributed by atoms with Crippen molar-refractivity contribution < 1.29 is 4.79 Å². The van der Waals surface area contributed by atoms with E-state index in [1.807, 2.05) is 6.92 Å². The number of hydrogen-bond acceptors (Lipinski definition) is 4. The molecule has 82 valence electrons. The van der Waals surface area contributed by atoms with E-state index < -0.39 is 0 Å². The van der Waals surface area contributed by atoms with Crippen LogP contribution >= 0.6 is 0 Å². The molecular formula is C11H12N4O. The standard InChI is InChI=1S/C11H12N4O/c1-2-14-11(16)8-5-7-6-13-4-3-9(7)15-10(8)12/h3-6H,2H2,1H3,(H2,12,15)(H,14,16). The van der Waals surface area contributed by atoms with Gasteiger partial charge in [-0.1, -0.05) is 0 Å². The number of carbonyl (C=O) groups excluding carboxylic acids is 1. The molecule has 1 amide bonds. The molecule has 2 rings (SSSR count). The van der Waals surface area contributed by atoms with Crippen molar-refractivity contribution in [3.05, 3.63) is 30.1 Å². The normalized spacial score (nSPS) is 10.3. The van der Waals surface area contributed by atoms with Gasteiger partial charge in [0.1, 0.15) is 5.82 Å². The molecule has 0 aliphatic rings. The Labute approximate surface area is 92.7 Å². The molecule has 2 aromatic heterocycles. The van der Waals surface area contributed by atoms with Crippen molar-refractivity contribution in [2.75, 3.05) is 12.3 Å². The third-order valence-electron chi connectivity index (χ3n) is 2.23. The lowest BCUT2D eigenvalue weighted by Crippen LogP contribution is -2.24. The van der Waals surface area contributed by atoms with Crippen molar-refractivity contribution in [2.24, 2.45) is 0 Å². The van der Waals surface area contributed by atoms with Gasteiger partial charge in [0.2, 0.25) is 0 Å². The second kappa shape index (κ2) is 4.14. The Morgan fingerprint density at radius 1 is 1.56 bits per heavy atom. The second-order valence-electron chi connectivity index (χ2n) is 3.35. The third kappa shape index (κ3) is 1.79. The van der Waals surface area contributed by atoms with Crippen LogP contribution in [0.5, 0.6) is 0 Å². The molecule has 0 unspecified atom stereocenters. The van der Waals surface area contributed by atoms with E-state index in [2.05, 4.69) is 15.3 Å². The summed E-state index contributed by atoms with van der Waals surface area (Å²) in [4.78, 5) is 19.8. The van der Waals surface area contributed by atoms with Crippen LogP contribution in [-0.4, -0.2) is 22.4 Å². The van der Waals surface area contributed by atoms with Crippen LogP contribution in [0.15, 0.2) is 24.5 Å².